The Kier molecular flexibility index (Phi) is 18.1. The third-order valence-corrected chi connectivity index (χ3v) is 2.17. The Bertz CT molecular complexity index is 56.0. The minimum Gasteiger partial charge on any atom is -0.0901 e. The van der Waals surface area contributed by atoms with Gasteiger partial charge in [-0.25, -0.2) is 0 Å². The van der Waals surface area contributed by atoms with Crippen molar-refractivity contribution in [2.75, 3.05) is 4.93 Å². The van der Waals surface area contributed by atoms with E-state index in [0.717, 1.165) is 5.92 Å². The van der Waals surface area contributed by atoms with Gasteiger partial charge < -0.3 is 0 Å². The zero-order chi connectivity index (χ0) is 9.82. The van der Waals surface area contributed by atoms with Crippen molar-refractivity contribution in [1.29, 1.82) is 0 Å². The summed E-state index contributed by atoms with van der Waals surface area (Å²) in [6.45, 7) is 6.29. The fourth-order valence-corrected chi connectivity index (χ4v) is 1.71. The highest BCUT2D eigenvalue weighted by molar-refractivity contribution is 14.1. The van der Waals surface area contributed by atoms with Crippen molar-refractivity contribution in [3.05, 3.63) is 0 Å². The summed E-state index contributed by atoms with van der Waals surface area (Å²) in [5.74, 6) is 1.11. The van der Waals surface area contributed by atoms with E-state index in [1.807, 2.05) is 18.8 Å². The third kappa shape index (κ3) is 8.82. The molecule has 0 radical (unpaired) electrons. The van der Waals surface area contributed by atoms with Gasteiger partial charge in [0.05, 0.1) is 0 Å². The van der Waals surface area contributed by atoms with Gasteiger partial charge in [0.2, 0.25) is 0 Å². The second-order valence-electron chi connectivity index (χ2n) is 2.94. The van der Waals surface area contributed by atoms with Crippen LogP contribution in [-0.2, 0) is 0 Å². The van der Waals surface area contributed by atoms with Gasteiger partial charge in [-0.1, -0.05) is 81.9 Å². The zero-order valence-corrected chi connectivity index (χ0v) is 11.4. The van der Waals surface area contributed by atoms with Crippen molar-refractivity contribution in [2.45, 2.75) is 59.3 Å². The van der Waals surface area contributed by atoms with E-state index in [0.29, 0.717) is 0 Å². The minimum absolute atomic E-state index is 1.11. The highest BCUT2D eigenvalue weighted by Gasteiger charge is 2.12. The fraction of sp³-hybridized carbons (Fsp3) is 1.00. The molecule has 1 aliphatic carbocycles. The first-order chi connectivity index (χ1) is 5.93. The van der Waals surface area contributed by atoms with Crippen molar-refractivity contribution >= 4 is 22.6 Å². The molecule has 0 aromatic carbocycles. The summed E-state index contributed by atoms with van der Waals surface area (Å²) in [4.78, 5) is 1.97. The van der Waals surface area contributed by atoms with E-state index in [-0.39, 0.29) is 0 Å². The monoisotopic (exact) mass is 284 g/mol. The van der Waals surface area contributed by atoms with E-state index < -0.39 is 0 Å². The minimum atomic E-state index is 1.11. The van der Waals surface area contributed by atoms with Crippen molar-refractivity contribution in [2.24, 2.45) is 5.92 Å². The van der Waals surface area contributed by atoms with E-state index in [9.17, 15) is 0 Å². The molecule has 12 heavy (non-hydrogen) atoms. The second-order valence-corrected chi connectivity index (χ2v) is 2.94. The lowest BCUT2D eigenvalue weighted by Gasteiger charge is -2.03. The molecule has 1 saturated carbocycles. The lowest BCUT2D eigenvalue weighted by Crippen LogP contribution is -1.89. The van der Waals surface area contributed by atoms with Crippen LogP contribution in [0.25, 0.3) is 0 Å². The highest BCUT2D eigenvalue weighted by Crippen LogP contribution is 2.27. The van der Waals surface area contributed by atoms with Crippen LogP contribution in [0.15, 0.2) is 0 Å². The summed E-state index contributed by atoms with van der Waals surface area (Å²) in [6.07, 6.45) is 8.93. The Balaban J connectivity index is 0. The zero-order valence-electron chi connectivity index (χ0n) is 9.20. The molecule has 0 nitrogen and oxygen atoms in total. The topological polar surface area (TPSA) is 0 Å². The Morgan fingerprint density at radius 2 is 1.50 bits per heavy atom. The largest absolute Gasteiger partial charge is 0.0901 e. The lowest BCUT2D eigenvalue weighted by molar-refractivity contribution is 0.496. The number of rotatable bonds is 2. The van der Waals surface area contributed by atoms with Crippen molar-refractivity contribution in [3.8, 4) is 0 Å². The molecule has 0 aromatic rings. The highest BCUT2D eigenvalue weighted by atomic mass is 127. The van der Waals surface area contributed by atoms with Crippen LogP contribution in [0, 0.1) is 5.92 Å². The Morgan fingerprint density at radius 1 is 1.08 bits per heavy atom. The molecule has 0 N–H and O–H groups in total. The molecule has 0 amide bonds. The van der Waals surface area contributed by atoms with Gasteiger partial charge in [-0.05, 0) is 10.8 Å². The summed E-state index contributed by atoms with van der Waals surface area (Å²) < 4.78 is 0. The molecule has 1 aliphatic rings. The summed E-state index contributed by atoms with van der Waals surface area (Å²) in [5.41, 5.74) is 0. The van der Waals surface area contributed by atoms with Gasteiger partial charge in [0.1, 0.15) is 0 Å². The number of hydrogen-bond donors (Lipinski definition) is 0. The van der Waals surface area contributed by atoms with Crippen LogP contribution in [0.5, 0.6) is 0 Å². The van der Waals surface area contributed by atoms with Crippen molar-refractivity contribution in [1.82, 2.24) is 0 Å². The number of hydrogen-bond acceptors (Lipinski definition) is 0. The summed E-state index contributed by atoms with van der Waals surface area (Å²) in [5, 5.41) is 0. The van der Waals surface area contributed by atoms with E-state index in [4.69, 9.17) is 0 Å². The van der Waals surface area contributed by atoms with Crippen LogP contribution in [0.2, 0.25) is 0 Å². The van der Waals surface area contributed by atoms with Gasteiger partial charge in [0, 0.05) is 0 Å². The van der Waals surface area contributed by atoms with Gasteiger partial charge in [0.25, 0.3) is 0 Å². The van der Waals surface area contributed by atoms with Crippen LogP contribution < -0.4 is 0 Å². The van der Waals surface area contributed by atoms with Crippen molar-refractivity contribution < 1.29 is 0 Å². The number of halogens is 1. The second kappa shape index (κ2) is 14.3. The van der Waals surface area contributed by atoms with Crippen LogP contribution in [0.3, 0.4) is 0 Å². The number of alkyl halides is 1. The maximum absolute atomic E-state index is 2.29. The van der Waals surface area contributed by atoms with Crippen LogP contribution in [-0.4, -0.2) is 4.93 Å². The summed E-state index contributed by atoms with van der Waals surface area (Å²) >= 11 is 2.15. The maximum Gasteiger partial charge on any atom is -0.0121 e. The first-order valence-electron chi connectivity index (χ1n) is 5.31. The van der Waals surface area contributed by atoms with E-state index in [2.05, 4.69) is 29.5 Å². The smallest absolute Gasteiger partial charge is 0.0121 e. The van der Waals surface area contributed by atoms with E-state index >= 15 is 0 Å². The molecular formula is C11H25I. The molecule has 1 rings (SSSR count). The Hall–Kier alpha value is 0.730. The van der Waals surface area contributed by atoms with Crippen LogP contribution in [0.1, 0.15) is 59.3 Å². The molecule has 0 bridgehead atoms. The molecule has 1 fully saturated rings. The Morgan fingerprint density at radius 3 is 1.83 bits per heavy atom. The van der Waals surface area contributed by atoms with Crippen LogP contribution >= 0.6 is 22.6 Å². The van der Waals surface area contributed by atoms with Crippen molar-refractivity contribution in [3.63, 3.8) is 0 Å². The van der Waals surface area contributed by atoms with Gasteiger partial charge in [-0.2, -0.15) is 0 Å². The quantitative estimate of drug-likeness (QED) is 0.491. The predicted molar refractivity (Wildman–Crippen MR) is 68.2 cm³/mol. The SMILES string of the molecule is CC.CCCC1CCCC1.CI. The Labute approximate surface area is 92.7 Å². The average Bonchev–Trinajstić information content (AvgIpc) is 2.65. The fourth-order valence-electron chi connectivity index (χ4n) is 1.71. The van der Waals surface area contributed by atoms with E-state index in [1.165, 1.54) is 38.5 Å². The van der Waals surface area contributed by atoms with Gasteiger partial charge >= 0.3 is 0 Å². The normalized spacial score (nSPS) is 15.8. The molecule has 0 aliphatic heterocycles. The molecule has 0 atom stereocenters. The first kappa shape index (κ1) is 15.2. The maximum atomic E-state index is 2.29. The molecule has 76 valence electrons. The lowest BCUT2D eigenvalue weighted by atomic mass is 10.0. The first-order valence-corrected chi connectivity index (χ1v) is 7.47. The molecule has 0 aromatic heterocycles. The summed E-state index contributed by atoms with van der Waals surface area (Å²) in [6, 6.07) is 0. The molecule has 0 unspecified atom stereocenters. The molecule has 0 heterocycles. The van der Waals surface area contributed by atoms with Crippen LogP contribution in [0.4, 0.5) is 0 Å². The molecule has 1 heteroatoms. The molecule has 0 spiro atoms. The van der Waals surface area contributed by atoms with Gasteiger partial charge in [0.15, 0.2) is 0 Å². The van der Waals surface area contributed by atoms with E-state index in [1.54, 1.807) is 0 Å². The molecular weight excluding hydrogens is 259 g/mol. The van der Waals surface area contributed by atoms with Gasteiger partial charge in [-0.15, -0.1) is 0 Å². The predicted octanol–water partition coefficient (Wildman–Crippen LogP) is 5.05. The molecule has 0 saturated heterocycles. The summed E-state index contributed by atoms with van der Waals surface area (Å²) in [7, 11) is 0. The van der Waals surface area contributed by atoms with Gasteiger partial charge in [-0.3, -0.25) is 0 Å². The third-order valence-electron chi connectivity index (χ3n) is 2.17. The average molecular weight is 284 g/mol. The standard InChI is InChI=1S/C8H16.C2H6.CH3I/c1-2-5-8-6-3-4-7-8;2*1-2/h8H,2-7H2,1H3;1-2H3;1H3.